The number of benzene rings is 1. The normalized spacial score (nSPS) is 10.2. The Bertz CT molecular complexity index is 275. The molecule has 1 aromatic carbocycles. The van der Waals surface area contributed by atoms with Crippen LogP contribution in [0.25, 0.3) is 0 Å². The third kappa shape index (κ3) is 6.77. The minimum Gasteiger partial charge on any atom is -0.313 e. The van der Waals surface area contributed by atoms with Crippen LogP contribution in [0.2, 0.25) is 0 Å². The lowest BCUT2D eigenvalue weighted by molar-refractivity contribution is 0.394. The minimum atomic E-state index is -0.175. The van der Waals surface area contributed by atoms with Crippen LogP contribution in [0.1, 0.15) is 12.0 Å². The summed E-state index contributed by atoms with van der Waals surface area (Å²) in [6, 6.07) is 6.62. The summed E-state index contributed by atoms with van der Waals surface area (Å²) in [5.74, 6) is -0.175. The van der Waals surface area contributed by atoms with Gasteiger partial charge in [0, 0.05) is 6.54 Å². The Morgan fingerprint density at radius 3 is 2.38 bits per heavy atom. The fourth-order valence-electron chi connectivity index (χ4n) is 1.36. The average Bonchev–Trinajstić information content (AvgIpc) is 2.20. The Balaban J connectivity index is 0.00000225. The van der Waals surface area contributed by atoms with Gasteiger partial charge in [-0.3, -0.25) is 0 Å². The zero-order chi connectivity index (χ0) is 11.1. The minimum absolute atomic E-state index is 0. The molecule has 0 radical (unpaired) electrons. The molecule has 0 aliphatic carbocycles. The summed E-state index contributed by atoms with van der Waals surface area (Å²) in [6.45, 7) is 2.90. The van der Waals surface area contributed by atoms with Gasteiger partial charge in [0.15, 0.2) is 0 Å². The quantitative estimate of drug-likeness (QED) is 0.775. The van der Waals surface area contributed by atoms with Crippen molar-refractivity contribution >= 4 is 12.4 Å². The molecule has 0 saturated heterocycles. The Hall–Kier alpha value is -0.640. The van der Waals surface area contributed by atoms with E-state index in [1.807, 2.05) is 12.1 Å². The molecule has 0 spiro atoms. The first kappa shape index (κ1) is 15.4. The molecule has 0 aliphatic heterocycles. The summed E-state index contributed by atoms with van der Waals surface area (Å²) in [5.41, 5.74) is 1.13. The van der Waals surface area contributed by atoms with E-state index in [1.165, 1.54) is 12.1 Å². The second-order valence-corrected chi connectivity index (χ2v) is 3.96. The van der Waals surface area contributed by atoms with Crippen LogP contribution in [-0.2, 0) is 6.54 Å². The number of halogens is 2. The fraction of sp³-hybridized carbons (Fsp3) is 0.500. The Kier molecular flexibility index (Phi) is 8.16. The van der Waals surface area contributed by atoms with Crippen molar-refractivity contribution in [1.82, 2.24) is 10.2 Å². The van der Waals surface area contributed by atoms with Gasteiger partial charge in [-0.25, -0.2) is 4.39 Å². The highest BCUT2D eigenvalue weighted by Gasteiger charge is 1.94. The van der Waals surface area contributed by atoms with Crippen molar-refractivity contribution < 1.29 is 4.39 Å². The maximum atomic E-state index is 12.6. The molecule has 0 aromatic heterocycles. The molecule has 0 unspecified atom stereocenters. The first-order chi connectivity index (χ1) is 7.18. The van der Waals surface area contributed by atoms with Crippen LogP contribution in [0.4, 0.5) is 4.39 Å². The van der Waals surface area contributed by atoms with Crippen LogP contribution in [0.15, 0.2) is 24.3 Å². The molecular formula is C12H20ClFN2. The van der Waals surface area contributed by atoms with Crippen molar-refractivity contribution in [3.05, 3.63) is 35.6 Å². The molecule has 0 fully saturated rings. The second kappa shape index (κ2) is 8.50. The molecule has 1 aromatic rings. The summed E-state index contributed by atoms with van der Waals surface area (Å²) >= 11 is 0. The van der Waals surface area contributed by atoms with E-state index in [2.05, 4.69) is 24.3 Å². The number of nitrogens with one attached hydrogen (secondary N) is 1. The van der Waals surface area contributed by atoms with E-state index >= 15 is 0 Å². The number of rotatable bonds is 6. The van der Waals surface area contributed by atoms with Gasteiger partial charge in [-0.05, 0) is 51.3 Å². The van der Waals surface area contributed by atoms with E-state index in [0.29, 0.717) is 0 Å². The molecule has 0 saturated carbocycles. The van der Waals surface area contributed by atoms with Gasteiger partial charge < -0.3 is 10.2 Å². The summed E-state index contributed by atoms with van der Waals surface area (Å²) < 4.78 is 12.6. The molecule has 0 aliphatic rings. The molecule has 4 heteroatoms. The van der Waals surface area contributed by atoms with Gasteiger partial charge in [-0.2, -0.15) is 0 Å². The highest BCUT2D eigenvalue weighted by atomic mass is 35.5. The molecule has 2 nitrogen and oxygen atoms in total. The molecule has 92 valence electrons. The number of hydrogen-bond acceptors (Lipinski definition) is 2. The highest BCUT2D eigenvalue weighted by Crippen LogP contribution is 2.01. The lowest BCUT2D eigenvalue weighted by Gasteiger charge is -2.09. The van der Waals surface area contributed by atoms with Crippen molar-refractivity contribution in [2.45, 2.75) is 13.0 Å². The van der Waals surface area contributed by atoms with Crippen LogP contribution in [0, 0.1) is 5.82 Å². The second-order valence-electron chi connectivity index (χ2n) is 3.96. The van der Waals surface area contributed by atoms with E-state index in [9.17, 15) is 4.39 Å². The van der Waals surface area contributed by atoms with Gasteiger partial charge in [0.2, 0.25) is 0 Å². The van der Waals surface area contributed by atoms with Crippen molar-refractivity contribution in [2.24, 2.45) is 0 Å². The predicted molar refractivity (Wildman–Crippen MR) is 68.5 cm³/mol. The van der Waals surface area contributed by atoms with Crippen molar-refractivity contribution in [2.75, 3.05) is 27.2 Å². The van der Waals surface area contributed by atoms with Crippen molar-refractivity contribution in [3.63, 3.8) is 0 Å². The summed E-state index contributed by atoms with van der Waals surface area (Å²) in [6.07, 6.45) is 1.13. The molecule has 16 heavy (non-hydrogen) atoms. The van der Waals surface area contributed by atoms with E-state index in [1.54, 1.807) is 0 Å². The lowest BCUT2D eigenvalue weighted by Crippen LogP contribution is -2.20. The maximum Gasteiger partial charge on any atom is 0.123 e. The Morgan fingerprint density at radius 2 is 1.81 bits per heavy atom. The number of hydrogen-bond donors (Lipinski definition) is 1. The van der Waals surface area contributed by atoms with Crippen LogP contribution in [-0.4, -0.2) is 32.1 Å². The monoisotopic (exact) mass is 246 g/mol. The van der Waals surface area contributed by atoms with Gasteiger partial charge in [-0.1, -0.05) is 12.1 Å². The zero-order valence-electron chi connectivity index (χ0n) is 9.87. The van der Waals surface area contributed by atoms with Crippen molar-refractivity contribution in [1.29, 1.82) is 0 Å². The van der Waals surface area contributed by atoms with Gasteiger partial charge >= 0.3 is 0 Å². The molecule has 0 heterocycles. The van der Waals surface area contributed by atoms with E-state index < -0.39 is 0 Å². The first-order valence-corrected chi connectivity index (χ1v) is 5.28. The predicted octanol–water partition coefficient (Wildman–Crippen LogP) is 2.29. The molecule has 0 atom stereocenters. The summed E-state index contributed by atoms with van der Waals surface area (Å²) in [7, 11) is 4.14. The molecule has 1 N–H and O–H groups in total. The van der Waals surface area contributed by atoms with E-state index in [-0.39, 0.29) is 18.2 Å². The molecule has 0 bridgehead atoms. The van der Waals surface area contributed by atoms with Gasteiger partial charge in [0.1, 0.15) is 5.82 Å². The highest BCUT2D eigenvalue weighted by molar-refractivity contribution is 5.85. The number of nitrogens with zero attached hydrogens (tertiary/aromatic N) is 1. The van der Waals surface area contributed by atoms with Gasteiger partial charge in [0.25, 0.3) is 0 Å². The van der Waals surface area contributed by atoms with Crippen LogP contribution >= 0.6 is 12.4 Å². The first-order valence-electron chi connectivity index (χ1n) is 5.28. The topological polar surface area (TPSA) is 15.3 Å². The largest absolute Gasteiger partial charge is 0.313 e. The van der Waals surface area contributed by atoms with Crippen LogP contribution in [0.3, 0.4) is 0 Å². The summed E-state index contributed by atoms with van der Waals surface area (Å²) in [5, 5.41) is 3.33. The Morgan fingerprint density at radius 1 is 1.19 bits per heavy atom. The Labute approximate surface area is 103 Å². The standard InChI is InChI=1S/C12H19FN2.ClH/c1-15(2)9-3-8-14-10-11-4-6-12(13)7-5-11;/h4-7,14H,3,8-10H2,1-2H3;1H. The SMILES string of the molecule is CN(C)CCCNCc1ccc(F)cc1.Cl. The van der Waals surface area contributed by atoms with E-state index in [4.69, 9.17) is 0 Å². The lowest BCUT2D eigenvalue weighted by atomic mass is 10.2. The zero-order valence-corrected chi connectivity index (χ0v) is 10.7. The van der Waals surface area contributed by atoms with E-state index in [0.717, 1.165) is 31.6 Å². The van der Waals surface area contributed by atoms with Gasteiger partial charge in [0.05, 0.1) is 0 Å². The third-order valence-electron chi connectivity index (χ3n) is 2.20. The van der Waals surface area contributed by atoms with Gasteiger partial charge in [-0.15, -0.1) is 12.4 Å². The molecule has 1 rings (SSSR count). The van der Waals surface area contributed by atoms with Crippen LogP contribution < -0.4 is 5.32 Å². The third-order valence-corrected chi connectivity index (χ3v) is 2.20. The average molecular weight is 247 g/mol. The fourth-order valence-corrected chi connectivity index (χ4v) is 1.36. The smallest absolute Gasteiger partial charge is 0.123 e. The maximum absolute atomic E-state index is 12.6. The molecule has 0 amide bonds. The van der Waals surface area contributed by atoms with Crippen LogP contribution in [0.5, 0.6) is 0 Å². The van der Waals surface area contributed by atoms with Crippen molar-refractivity contribution in [3.8, 4) is 0 Å². The summed E-state index contributed by atoms with van der Waals surface area (Å²) in [4.78, 5) is 2.17. The molecular weight excluding hydrogens is 227 g/mol.